The smallest absolute Gasteiger partial charge is 0.137 e. The molecule has 2 aromatic rings. The topological polar surface area (TPSA) is 60.2 Å². The maximum atomic E-state index is 5.64. The number of anilines is 2. The molecule has 0 amide bonds. The van der Waals surface area contributed by atoms with Gasteiger partial charge in [0, 0.05) is 12.2 Å². The summed E-state index contributed by atoms with van der Waals surface area (Å²) >= 11 is 0. The first-order valence-corrected chi connectivity index (χ1v) is 5.86. The highest BCUT2D eigenvalue weighted by Crippen LogP contribution is 2.11. The molecule has 2 rings (SSSR count). The molecule has 3 N–H and O–H groups in total. The molecule has 0 bridgehead atoms. The maximum Gasteiger partial charge on any atom is 0.137 e. The first-order valence-electron chi connectivity index (χ1n) is 5.86. The Labute approximate surface area is 107 Å². The minimum Gasteiger partial charge on any atom is -0.495 e. The molecular weight excluding hydrogens is 226 g/mol. The summed E-state index contributed by atoms with van der Waals surface area (Å²) in [4.78, 5) is 4.24. The zero-order valence-corrected chi connectivity index (χ0v) is 10.4. The second kappa shape index (κ2) is 5.91. The number of aromatic nitrogens is 1. The molecular formula is C14H17N3O. The fourth-order valence-corrected chi connectivity index (χ4v) is 1.62. The summed E-state index contributed by atoms with van der Waals surface area (Å²) in [7, 11) is 1.63. The van der Waals surface area contributed by atoms with Crippen molar-refractivity contribution >= 4 is 11.5 Å². The van der Waals surface area contributed by atoms with E-state index >= 15 is 0 Å². The molecule has 4 heteroatoms. The summed E-state index contributed by atoms with van der Waals surface area (Å²) in [6.45, 7) is 0.837. The number of nitrogen functional groups attached to an aromatic ring is 1. The van der Waals surface area contributed by atoms with Gasteiger partial charge in [-0.05, 0) is 36.2 Å². The lowest BCUT2D eigenvalue weighted by Gasteiger charge is -2.06. The number of rotatable bonds is 5. The summed E-state index contributed by atoms with van der Waals surface area (Å²) in [5.74, 6) is 1.62. The third-order valence-electron chi connectivity index (χ3n) is 2.67. The van der Waals surface area contributed by atoms with Crippen LogP contribution in [-0.2, 0) is 6.42 Å². The highest BCUT2D eigenvalue weighted by molar-refractivity contribution is 5.40. The Morgan fingerprint density at radius 1 is 1.17 bits per heavy atom. The quantitative estimate of drug-likeness (QED) is 0.791. The Bertz CT molecular complexity index is 479. The summed E-state index contributed by atoms with van der Waals surface area (Å²) in [5.41, 5.74) is 7.69. The van der Waals surface area contributed by atoms with Crippen LogP contribution in [0.2, 0.25) is 0 Å². The number of nitrogens with one attached hydrogen (secondary N) is 1. The van der Waals surface area contributed by atoms with Crippen molar-refractivity contribution in [3.63, 3.8) is 0 Å². The average molecular weight is 243 g/mol. The van der Waals surface area contributed by atoms with Crippen LogP contribution in [0.1, 0.15) is 5.56 Å². The van der Waals surface area contributed by atoms with E-state index in [1.54, 1.807) is 13.3 Å². The molecule has 0 aliphatic carbocycles. The standard InChI is InChI=1S/C14H17N3O/c1-18-13-6-7-14(17-10-13)16-9-8-11-2-4-12(15)5-3-11/h2-7,10H,8-9,15H2,1H3,(H,16,17). The Kier molecular flexibility index (Phi) is 4.02. The van der Waals surface area contributed by atoms with E-state index in [2.05, 4.69) is 10.3 Å². The Balaban J connectivity index is 1.82. The first kappa shape index (κ1) is 12.2. The summed E-state index contributed by atoms with van der Waals surface area (Å²) in [6, 6.07) is 11.7. The minimum atomic E-state index is 0.763. The molecule has 4 nitrogen and oxygen atoms in total. The van der Waals surface area contributed by atoms with Crippen LogP contribution in [-0.4, -0.2) is 18.6 Å². The normalized spacial score (nSPS) is 10.1. The predicted octanol–water partition coefficient (Wildman–Crippen LogP) is 2.33. The largest absolute Gasteiger partial charge is 0.495 e. The van der Waals surface area contributed by atoms with Gasteiger partial charge in [-0.1, -0.05) is 12.1 Å². The van der Waals surface area contributed by atoms with Crippen LogP contribution in [0.25, 0.3) is 0 Å². The van der Waals surface area contributed by atoms with Crippen molar-refractivity contribution < 1.29 is 4.74 Å². The van der Waals surface area contributed by atoms with Gasteiger partial charge in [0.15, 0.2) is 0 Å². The minimum absolute atomic E-state index is 0.763. The molecule has 0 unspecified atom stereocenters. The van der Waals surface area contributed by atoms with Crippen molar-refractivity contribution in [3.05, 3.63) is 48.2 Å². The first-order chi connectivity index (χ1) is 8.78. The Hall–Kier alpha value is -2.23. The van der Waals surface area contributed by atoms with Crippen LogP contribution in [0, 0.1) is 0 Å². The van der Waals surface area contributed by atoms with Crippen LogP contribution in [0.3, 0.4) is 0 Å². The number of pyridine rings is 1. The van der Waals surface area contributed by atoms with Gasteiger partial charge in [-0.3, -0.25) is 0 Å². The molecule has 0 aliphatic rings. The molecule has 0 atom stereocenters. The van der Waals surface area contributed by atoms with Gasteiger partial charge in [-0.2, -0.15) is 0 Å². The molecule has 1 heterocycles. The number of hydrogen-bond donors (Lipinski definition) is 2. The van der Waals surface area contributed by atoms with Gasteiger partial charge in [-0.15, -0.1) is 0 Å². The van der Waals surface area contributed by atoms with E-state index in [1.807, 2.05) is 36.4 Å². The van der Waals surface area contributed by atoms with Crippen LogP contribution in [0.5, 0.6) is 5.75 Å². The van der Waals surface area contributed by atoms with Crippen molar-refractivity contribution in [2.75, 3.05) is 24.7 Å². The number of nitrogens with two attached hydrogens (primary N) is 1. The number of methoxy groups -OCH3 is 1. The van der Waals surface area contributed by atoms with Gasteiger partial charge in [0.25, 0.3) is 0 Å². The fourth-order valence-electron chi connectivity index (χ4n) is 1.62. The van der Waals surface area contributed by atoms with Gasteiger partial charge < -0.3 is 15.8 Å². The van der Waals surface area contributed by atoms with E-state index < -0.39 is 0 Å². The molecule has 1 aromatic heterocycles. The van der Waals surface area contributed by atoms with E-state index in [9.17, 15) is 0 Å². The lowest BCUT2D eigenvalue weighted by atomic mass is 10.1. The summed E-state index contributed by atoms with van der Waals surface area (Å²) < 4.78 is 5.05. The lowest BCUT2D eigenvalue weighted by molar-refractivity contribution is 0.413. The lowest BCUT2D eigenvalue weighted by Crippen LogP contribution is -2.06. The third kappa shape index (κ3) is 3.38. The molecule has 18 heavy (non-hydrogen) atoms. The second-order valence-corrected chi connectivity index (χ2v) is 4.00. The van der Waals surface area contributed by atoms with E-state index in [0.29, 0.717) is 0 Å². The predicted molar refractivity (Wildman–Crippen MR) is 73.8 cm³/mol. The zero-order valence-electron chi connectivity index (χ0n) is 10.4. The summed E-state index contributed by atoms with van der Waals surface area (Å²) in [5, 5.41) is 3.26. The monoisotopic (exact) mass is 243 g/mol. The Morgan fingerprint density at radius 2 is 1.94 bits per heavy atom. The highest BCUT2D eigenvalue weighted by Gasteiger charge is 1.96. The number of benzene rings is 1. The zero-order chi connectivity index (χ0) is 12.8. The van der Waals surface area contributed by atoms with Gasteiger partial charge in [0.2, 0.25) is 0 Å². The fraction of sp³-hybridized carbons (Fsp3) is 0.214. The van der Waals surface area contributed by atoms with Crippen molar-refractivity contribution in [1.29, 1.82) is 0 Å². The second-order valence-electron chi connectivity index (χ2n) is 4.00. The van der Waals surface area contributed by atoms with E-state index in [0.717, 1.165) is 30.2 Å². The van der Waals surface area contributed by atoms with Gasteiger partial charge in [-0.25, -0.2) is 4.98 Å². The van der Waals surface area contributed by atoms with Gasteiger partial charge in [0.1, 0.15) is 11.6 Å². The average Bonchev–Trinajstić information content (AvgIpc) is 2.42. The molecule has 0 saturated carbocycles. The maximum absolute atomic E-state index is 5.64. The van der Waals surface area contributed by atoms with Gasteiger partial charge >= 0.3 is 0 Å². The van der Waals surface area contributed by atoms with Gasteiger partial charge in [0.05, 0.1) is 13.3 Å². The van der Waals surface area contributed by atoms with Crippen molar-refractivity contribution in [2.45, 2.75) is 6.42 Å². The van der Waals surface area contributed by atoms with E-state index in [4.69, 9.17) is 10.5 Å². The molecule has 0 spiro atoms. The molecule has 0 fully saturated rings. The third-order valence-corrected chi connectivity index (χ3v) is 2.67. The molecule has 1 aromatic carbocycles. The van der Waals surface area contributed by atoms with E-state index in [1.165, 1.54) is 5.56 Å². The number of hydrogen-bond acceptors (Lipinski definition) is 4. The van der Waals surface area contributed by atoms with Crippen molar-refractivity contribution in [3.8, 4) is 5.75 Å². The molecule has 0 aliphatic heterocycles. The highest BCUT2D eigenvalue weighted by atomic mass is 16.5. The molecule has 94 valence electrons. The number of ether oxygens (including phenoxy) is 1. The van der Waals surface area contributed by atoms with Crippen LogP contribution < -0.4 is 15.8 Å². The van der Waals surface area contributed by atoms with Crippen LogP contribution >= 0.6 is 0 Å². The molecule has 0 saturated heterocycles. The van der Waals surface area contributed by atoms with Crippen molar-refractivity contribution in [2.24, 2.45) is 0 Å². The van der Waals surface area contributed by atoms with Crippen molar-refractivity contribution in [1.82, 2.24) is 4.98 Å². The molecule has 0 radical (unpaired) electrons. The summed E-state index contributed by atoms with van der Waals surface area (Å²) in [6.07, 6.45) is 2.64. The van der Waals surface area contributed by atoms with Crippen LogP contribution in [0.4, 0.5) is 11.5 Å². The van der Waals surface area contributed by atoms with Crippen LogP contribution in [0.15, 0.2) is 42.6 Å². The number of nitrogens with zero attached hydrogens (tertiary/aromatic N) is 1. The van der Waals surface area contributed by atoms with E-state index in [-0.39, 0.29) is 0 Å². The SMILES string of the molecule is COc1ccc(NCCc2ccc(N)cc2)nc1. The Morgan fingerprint density at radius 3 is 2.56 bits per heavy atom.